The minimum Gasteiger partial charge on any atom is -0.493 e. The van der Waals surface area contributed by atoms with E-state index in [1.165, 1.54) is 33.5 Å². The van der Waals surface area contributed by atoms with Gasteiger partial charge in [0.2, 0.25) is 12.5 Å². The molecule has 1 aliphatic heterocycles. The zero-order valence-electron chi connectivity index (χ0n) is 20.6. The van der Waals surface area contributed by atoms with Crippen LogP contribution in [0.2, 0.25) is 0 Å². The molecule has 0 radical (unpaired) electrons. The number of rotatable bonds is 9. The maximum absolute atomic E-state index is 14.1. The van der Waals surface area contributed by atoms with Gasteiger partial charge in [0, 0.05) is 17.6 Å². The second kappa shape index (κ2) is 10.4. The molecule has 38 heavy (non-hydrogen) atoms. The second-order valence-corrected chi connectivity index (χ2v) is 8.76. The molecule has 0 atom stereocenters. The van der Waals surface area contributed by atoms with Crippen LogP contribution in [0.25, 0.3) is 16.6 Å². The molecular weight excluding hydrogens is 512 g/mol. The SMILES string of the molecule is COc1cc(C(=O)/C(Cc2ccc3c(c2)OCO3)=C(/C(=O)O)c2ccc3nsnc3c2)cc(OC)c1OC. The molecule has 0 fully saturated rings. The van der Waals surface area contributed by atoms with Gasteiger partial charge in [0.15, 0.2) is 28.8 Å². The van der Waals surface area contributed by atoms with E-state index in [1.54, 1.807) is 36.4 Å². The third kappa shape index (κ3) is 4.59. The lowest BCUT2D eigenvalue weighted by Crippen LogP contribution is -2.14. The highest BCUT2D eigenvalue weighted by Crippen LogP contribution is 2.40. The third-order valence-corrected chi connectivity index (χ3v) is 6.63. The molecule has 1 aliphatic rings. The number of ketones is 1. The molecule has 5 rings (SSSR count). The molecule has 0 spiro atoms. The Morgan fingerprint density at radius 3 is 2.26 bits per heavy atom. The monoisotopic (exact) mass is 534 g/mol. The van der Waals surface area contributed by atoms with Crippen molar-refractivity contribution in [2.45, 2.75) is 6.42 Å². The molecule has 0 saturated heterocycles. The molecule has 0 aliphatic carbocycles. The predicted octanol–water partition coefficient (Wildman–Crippen LogP) is 4.41. The number of aromatic nitrogens is 2. The highest BCUT2D eigenvalue weighted by molar-refractivity contribution is 7.00. The number of nitrogens with zero attached hydrogens (tertiary/aromatic N) is 2. The summed E-state index contributed by atoms with van der Waals surface area (Å²) in [5.41, 5.74) is 2.23. The van der Waals surface area contributed by atoms with Crippen LogP contribution < -0.4 is 23.7 Å². The van der Waals surface area contributed by atoms with E-state index in [4.69, 9.17) is 23.7 Å². The second-order valence-electron chi connectivity index (χ2n) is 8.23. The Kier molecular flexibility index (Phi) is 6.84. The number of benzene rings is 3. The first-order chi connectivity index (χ1) is 18.4. The van der Waals surface area contributed by atoms with Crippen molar-refractivity contribution in [3.63, 3.8) is 0 Å². The number of allylic oxidation sites excluding steroid dienone is 1. The fourth-order valence-corrected chi connectivity index (χ4v) is 4.81. The number of carboxylic acid groups (broad SMARTS) is 1. The fourth-order valence-electron chi connectivity index (χ4n) is 4.29. The van der Waals surface area contributed by atoms with Gasteiger partial charge in [-0.25, -0.2) is 4.79 Å². The molecule has 0 bridgehead atoms. The quantitative estimate of drug-likeness (QED) is 0.244. The van der Waals surface area contributed by atoms with Crippen molar-refractivity contribution in [1.82, 2.24) is 8.75 Å². The zero-order chi connectivity index (χ0) is 26.8. The molecule has 0 saturated carbocycles. The number of hydrogen-bond acceptors (Lipinski definition) is 10. The summed E-state index contributed by atoms with van der Waals surface area (Å²) in [7, 11) is 4.34. The van der Waals surface area contributed by atoms with Gasteiger partial charge in [-0.2, -0.15) is 8.75 Å². The van der Waals surface area contributed by atoms with Crippen LogP contribution in [0.1, 0.15) is 21.5 Å². The van der Waals surface area contributed by atoms with Crippen molar-refractivity contribution >= 4 is 40.1 Å². The highest BCUT2D eigenvalue weighted by Gasteiger charge is 2.27. The first kappa shape index (κ1) is 25.0. The van der Waals surface area contributed by atoms with E-state index in [1.807, 2.05) is 0 Å². The summed E-state index contributed by atoms with van der Waals surface area (Å²) in [6.45, 7) is 0.0912. The minimum absolute atomic E-state index is 0.00111. The summed E-state index contributed by atoms with van der Waals surface area (Å²) in [4.78, 5) is 26.8. The van der Waals surface area contributed by atoms with Crippen molar-refractivity contribution in [3.05, 3.63) is 70.8 Å². The molecule has 10 nitrogen and oxygen atoms in total. The summed E-state index contributed by atoms with van der Waals surface area (Å²) < 4.78 is 35.5. The molecule has 1 N–H and O–H groups in total. The summed E-state index contributed by atoms with van der Waals surface area (Å²) in [6, 6.07) is 13.1. The smallest absolute Gasteiger partial charge is 0.336 e. The molecule has 194 valence electrons. The van der Waals surface area contributed by atoms with E-state index < -0.39 is 11.8 Å². The van der Waals surface area contributed by atoms with Crippen molar-refractivity contribution in [2.75, 3.05) is 28.1 Å². The Hall–Kier alpha value is -4.64. The number of carboxylic acids is 1. The largest absolute Gasteiger partial charge is 0.493 e. The summed E-state index contributed by atoms with van der Waals surface area (Å²) in [5, 5.41) is 10.4. The lowest BCUT2D eigenvalue weighted by molar-refractivity contribution is -0.130. The number of ether oxygens (including phenoxy) is 5. The molecule has 2 heterocycles. The predicted molar refractivity (Wildman–Crippen MR) is 139 cm³/mol. The van der Waals surface area contributed by atoms with Crippen LogP contribution in [-0.4, -0.2) is 53.7 Å². The number of fused-ring (bicyclic) bond motifs is 2. The number of hydrogen-bond donors (Lipinski definition) is 1. The molecule has 4 aromatic rings. The molecule has 3 aromatic carbocycles. The molecule has 11 heteroatoms. The highest BCUT2D eigenvalue weighted by atomic mass is 32.1. The van der Waals surface area contributed by atoms with E-state index >= 15 is 0 Å². The van der Waals surface area contributed by atoms with Crippen LogP contribution in [0.3, 0.4) is 0 Å². The van der Waals surface area contributed by atoms with Gasteiger partial charge in [0.1, 0.15) is 11.0 Å². The van der Waals surface area contributed by atoms with Crippen molar-refractivity contribution in [1.29, 1.82) is 0 Å². The summed E-state index contributed by atoms with van der Waals surface area (Å²) in [5.74, 6) is 0.172. The number of carbonyl (C=O) groups excluding carboxylic acids is 1. The maximum Gasteiger partial charge on any atom is 0.336 e. The summed E-state index contributed by atoms with van der Waals surface area (Å²) in [6.07, 6.45) is 0.00111. The average Bonchev–Trinajstić information content (AvgIpc) is 3.60. The Bertz CT molecular complexity index is 1570. The van der Waals surface area contributed by atoms with Crippen molar-refractivity contribution < 1.29 is 38.4 Å². The topological polar surface area (TPSA) is 126 Å². The molecule has 1 aromatic heterocycles. The Balaban J connectivity index is 1.70. The lowest BCUT2D eigenvalue weighted by atomic mass is 9.89. The van der Waals surface area contributed by atoms with Gasteiger partial charge in [-0.05, 0) is 47.5 Å². The van der Waals surface area contributed by atoms with Gasteiger partial charge in [-0.1, -0.05) is 12.1 Å². The van der Waals surface area contributed by atoms with Crippen LogP contribution in [0.4, 0.5) is 0 Å². The Labute approximate surface area is 221 Å². The molecular formula is C27H22N2O8S. The van der Waals surface area contributed by atoms with E-state index in [0.717, 1.165) is 11.7 Å². The normalized spacial score (nSPS) is 12.7. The number of methoxy groups -OCH3 is 3. The molecule has 0 amide bonds. The van der Waals surface area contributed by atoms with Gasteiger partial charge in [-0.15, -0.1) is 0 Å². The Morgan fingerprint density at radius 1 is 0.868 bits per heavy atom. The van der Waals surface area contributed by atoms with Crippen molar-refractivity contribution in [3.8, 4) is 28.7 Å². The standard InChI is InChI=1S/C27H22N2O8S/c1-33-22-11-16(12-23(34-2)26(22)35-3)25(30)17(8-14-4-7-20-21(9-14)37-13-36-20)24(27(31)32)15-5-6-18-19(10-15)29-38-28-18/h4-7,9-12H,8,13H2,1-3H3,(H,31,32)/b24-17+. The third-order valence-electron chi connectivity index (χ3n) is 6.08. The van der Waals surface area contributed by atoms with Crippen LogP contribution in [0, 0.1) is 0 Å². The lowest BCUT2D eigenvalue weighted by Gasteiger charge is -2.16. The molecule has 0 unspecified atom stereocenters. The van der Waals surface area contributed by atoms with Gasteiger partial charge in [-0.3, -0.25) is 4.79 Å². The van der Waals surface area contributed by atoms with Crippen LogP contribution in [0.5, 0.6) is 28.7 Å². The number of Topliss-reactive ketones (excluding diaryl/α,β-unsaturated/α-hetero) is 1. The summed E-state index contributed by atoms with van der Waals surface area (Å²) >= 11 is 1.02. The average molecular weight is 535 g/mol. The number of aliphatic carboxylic acids is 1. The van der Waals surface area contributed by atoms with E-state index in [0.29, 0.717) is 39.4 Å². The first-order valence-corrected chi connectivity index (χ1v) is 12.1. The Morgan fingerprint density at radius 2 is 1.58 bits per heavy atom. The van der Waals surface area contributed by atoms with Crippen LogP contribution >= 0.6 is 11.7 Å². The van der Waals surface area contributed by atoms with E-state index in [-0.39, 0.29) is 41.4 Å². The minimum atomic E-state index is -1.26. The first-order valence-electron chi connectivity index (χ1n) is 11.4. The zero-order valence-corrected chi connectivity index (χ0v) is 21.5. The van der Waals surface area contributed by atoms with Crippen molar-refractivity contribution in [2.24, 2.45) is 0 Å². The van der Waals surface area contributed by atoms with Gasteiger partial charge >= 0.3 is 5.97 Å². The van der Waals surface area contributed by atoms with E-state index in [2.05, 4.69) is 8.75 Å². The van der Waals surface area contributed by atoms with Gasteiger partial charge in [0.05, 0.1) is 38.6 Å². The van der Waals surface area contributed by atoms with Crippen LogP contribution in [0.15, 0.2) is 54.1 Å². The van der Waals surface area contributed by atoms with Gasteiger partial charge in [0.25, 0.3) is 0 Å². The fraction of sp³-hybridized carbons (Fsp3) is 0.185. The van der Waals surface area contributed by atoms with Crippen LogP contribution in [-0.2, 0) is 11.2 Å². The maximum atomic E-state index is 14.1. The van der Waals surface area contributed by atoms with Gasteiger partial charge < -0.3 is 28.8 Å². The number of carbonyl (C=O) groups is 2. The van der Waals surface area contributed by atoms with E-state index in [9.17, 15) is 14.7 Å².